The predicted molar refractivity (Wildman–Crippen MR) is 139 cm³/mol. The van der Waals surface area contributed by atoms with E-state index >= 15 is 0 Å². The Hall–Kier alpha value is -3.19. The van der Waals surface area contributed by atoms with E-state index < -0.39 is 0 Å². The fourth-order valence-corrected chi connectivity index (χ4v) is 5.53. The Morgan fingerprint density at radius 2 is 1.91 bits per heavy atom. The number of hydrogen-bond acceptors (Lipinski definition) is 4. The Bertz CT molecular complexity index is 1370. The zero-order valence-corrected chi connectivity index (χ0v) is 20.7. The quantitative estimate of drug-likeness (QED) is 0.433. The van der Waals surface area contributed by atoms with Crippen LogP contribution < -0.4 is 5.32 Å². The Morgan fingerprint density at radius 1 is 1.09 bits per heavy atom. The van der Waals surface area contributed by atoms with Gasteiger partial charge in [-0.3, -0.25) is 4.79 Å². The topological polar surface area (TPSA) is 68.0 Å². The summed E-state index contributed by atoms with van der Waals surface area (Å²) >= 11 is 0. The van der Waals surface area contributed by atoms with Crippen LogP contribution in [0.25, 0.3) is 33.6 Å². The van der Waals surface area contributed by atoms with Gasteiger partial charge in [0, 0.05) is 43.8 Å². The molecule has 0 radical (unpaired) electrons. The normalized spacial score (nSPS) is 17.0. The van der Waals surface area contributed by atoms with Gasteiger partial charge in [-0.2, -0.15) is 0 Å². The van der Waals surface area contributed by atoms with Gasteiger partial charge in [0.2, 0.25) is 0 Å². The summed E-state index contributed by atoms with van der Waals surface area (Å²) in [4.78, 5) is 25.0. The SMILES string of the molecule is CNCCC1CCN(C(=O)c2ccc3c(c2)nc(-c2cc4cccnc4n2CC2CC2)n3C)CC1. The minimum Gasteiger partial charge on any atom is -0.339 e. The van der Waals surface area contributed by atoms with E-state index in [0.717, 1.165) is 84.1 Å². The Labute approximate surface area is 206 Å². The maximum Gasteiger partial charge on any atom is 0.253 e. The van der Waals surface area contributed by atoms with Gasteiger partial charge in [-0.1, -0.05) is 0 Å². The molecule has 0 atom stereocenters. The van der Waals surface area contributed by atoms with Crippen molar-refractivity contribution in [1.82, 2.24) is 29.3 Å². The third-order valence-electron chi connectivity index (χ3n) is 7.85. The zero-order chi connectivity index (χ0) is 23.9. The number of nitrogens with one attached hydrogen (secondary N) is 1. The largest absolute Gasteiger partial charge is 0.339 e. The molecule has 4 heterocycles. The highest BCUT2D eigenvalue weighted by Crippen LogP contribution is 2.36. The van der Waals surface area contributed by atoms with Gasteiger partial charge in [0.25, 0.3) is 5.91 Å². The summed E-state index contributed by atoms with van der Waals surface area (Å²) in [5.74, 6) is 2.49. The number of carbonyl (C=O) groups excluding carboxylic acids is 1. The molecule has 2 fully saturated rings. The van der Waals surface area contributed by atoms with Crippen LogP contribution in [0.15, 0.2) is 42.6 Å². The minimum absolute atomic E-state index is 0.123. The number of amides is 1. The van der Waals surface area contributed by atoms with Crippen molar-refractivity contribution >= 4 is 28.0 Å². The Balaban J connectivity index is 1.29. The average Bonchev–Trinajstić information content (AvgIpc) is 3.56. The predicted octanol–water partition coefficient (Wildman–Crippen LogP) is 4.46. The maximum absolute atomic E-state index is 13.3. The molecule has 0 spiro atoms. The number of aryl methyl sites for hydroxylation is 1. The first-order chi connectivity index (χ1) is 17.1. The highest BCUT2D eigenvalue weighted by atomic mass is 16.2. The van der Waals surface area contributed by atoms with Gasteiger partial charge in [0.1, 0.15) is 5.65 Å². The average molecular weight is 471 g/mol. The molecule has 6 rings (SSSR count). The van der Waals surface area contributed by atoms with Gasteiger partial charge < -0.3 is 19.4 Å². The number of fused-ring (bicyclic) bond motifs is 2. The van der Waals surface area contributed by atoms with E-state index in [1.165, 1.54) is 19.3 Å². The van der Waals surface area contributed by atoms with Crippen LogP contribution in [0.4, 0.5) is 0 Å². The van der Waals surface area contributed by atoms with E-state index in [0.29, 0.717) is 5.92 Å². The number of carbonyl (C=O) groups is 1. The smallest absolute Gasteiger partial charge is 0.253 e. The van der Waals surface area contributed by atoms with Crippen LogP contribution in [0.2, 0.25) is 0 Å². The van der Waals surface area contributed by atoms with Crippen LogP contribution in [0.1, 0.15) is 42.5 Å². The first-order valence-corrected chi connectivity index (χ1v) is 13.0. The van der Waals surface area contributed by atoms with Crippen LogP contribution in [-0.2, 0) is 13.6 Å². The third-order valence-corrected chi connectivity index (χ3v) is 7.85. The lowest BCUT2D eigenvalue weighted by Gasteiger charge is -2.32. The van der Waals surface area contributed by atoms with Gasteiger partial charge in [0.15, 0.2) is 5.82 Å². The van der Waals surface area contributed by atoms with E-state index in [9.17, 15) is 4.79 Å². The molecule has 1 N–H and O–H groups in total. The summed E-state index contributed by atoms with van der Waals surface area (Å²) in [6.45, 7) is 3.71. The van der Waals surface area contributed by atoms with E-state index in [1.54, 1.807) is 0 Å². The first-order valence-electron chi connectivity index (χ1n) is 13.0. The summed E-state index contributed by atoms with van der Waals surface area (Å²) in [5, 5.41) is 4.38. The molecule has 1 aliphatic heterocycles. The van der Waals surface area contributed by atoms with Crippen LogP contribution >= 0.6 is 0 Å². The number of piperidine rings is 1. The molecule has 182 valence electrons. The molecule has 0 unspecified atom stereocenters. The van der Waals surface area contributed by atoms with Crippen molar-refractivity contribution in [3.8, 4) is 11.5 Å². The van der Waals surface area contributed by atoms with E-state index in [-0.39, 0.29) is 5.91 Å². The van der Waals surface area contributed by atoms with Crippen LogP contribution in [-0.4, -0.2) is 56.6 Å². The fraction of sp³-hybridized carbons (Fsp3) is 0.464. The number of pyridine rings is 1. The van der Waals surface area contributed by atoms with Crippen molar-refractivity contribution < 1.29 is 4.79 Å². The molecular weight excluding hydrogens is 436 g/mol. The third kappa shape index (κ3) is 4.22. The number of imidazole rings is 1. The van der Waals surface area contributed by atoms with Gasteiger partial charge in [-0.05, 0) is 93.9 Å². The Kier molecular flexibility index (Phi) is 5.80. The van der Waals surface area contributed by atoms with Crippen molar-refractivity contribution in [2.24, 2.45) is 18.9 Å². The highest BCUT2D eigenvalue weighted by Gasteiger charge is 2.27. The second kappa shape index (κ2) is 9.11. The van der Waals surface area contributed by atoms with Crippen molar-refractivity contribution in [2.45, 2.75) is 38.6 Å². The molecule has 35 heavy (non-hydrogen) atoms. The number of rotatable bonds is 7. The van der Waals surface area contributed by atoms with Crippen molar-refractivity contribution in [3.63, 3.8) is 0 Å². The molecule has 7 nitrogen and oxygen atoms in total. The van der Waals surface area contributed by atoms with E-state index in [1.807, 2.05) is 42.4 Å². The van der Waals surface area contributed by atoms with Gasteiger partial charge >= 0.3 is 0 Å². The standard InChI is InChI=1S/C28H34N6O/c1-29-13-9-19-10-14-33(15-11-19)28(35)22-7-8-24-23(16-22)31-27(32(24)2)25-17-21-4-3-12-30-26(21)34(25)18-20-5-6-20/h3-4,7-8,12,16-17,19-20,29H,5-6,9-11,13-15,18H2,1-2H3. The first kappa shape index (κ1) is 22.3. The minimum atomic E-state index is 0.123. The molecule has 2 aliphatic rings. The summed E-state index contributed by atoms with van der Waals surface area (Å²) in [5.41, 5.74) is 4.76. The molecule has 0 bridgehead atoms. The summed E-state index contributed by atoms with van der Waals surface area (Å²) in [6.07, 6.45) is 7.80. The maximum atomic E-state index is 13.3. The second-order valence-electron chi connectivity index (χ2n) is 10.3. The molecule has 1 saturated heterocycles. The molecule has 7 heteroatoms. The number of nitrogens with zero attached hydrogens (tertiary/aromatic N) is 5. The van der Waals surface area contributed by atoms with Gasteiger partial charge in [0.05, 0.1) is 16.7 Å². The second-order valence-corrected chi connectivity index (χ2v) is 10.3. The number of benzene rings is 1. The number of aromatic nitrogens is 4. The Morgan fingerprint density at radius 3 is 2.69 bits per heavy atom. The van der Waals surface area contributed by atoms with Crippen LogP contribution in [0.3, 0.4) is 0 Å². The fourth-order valence-electron chi connectivity index (χ4n) is 5.53. The molecule has 4 aromatic rings. The van der Waals surface area contributed by atoms with Crippen LogP contribution in [0.5, 0.6) is 0 Å². The number of likely N-dealkylation sites (tertiary alicyclic amines) is 1. The van der Waals surface area contributed by atoms with Crippen molar-refractivity contribution in [1.29, 1.82) is 0 Å². The summed E-state index contributed by atoms with van der Waals surface area (Å²) in [6, 6.07) is 12.3. The summed E-state index contributed by atoms with van der Waals surface area (Å²) in [7, 11) is 4.07. The highest BCUT2D eigenvalue weighted by molar-refractivity contribution is 5.98. The monoisotopic (exact) mass is 470 g/mol. The lowest BCUT2D eigenvalue weighted by atomic mass is 9.93. The molecule has 1 saturated carbocycles. The lowest BCUT2D eigenvalue weighted by Crippen LogP contribution is -2.38. The van der Waals surface area contributed by atoms with E-state index in [2.05, 4.69) is 38.6 Å². The molecule has 1 amide bonds. The van der Waals surface area contributed by atoms with Crippen molar-refractivity contribution in [3.05, 3.63) is 48.2 Å². The van der Waals surface area contributed by atoms with E-state index in [4.69, 9.17) is 4.98 Å². The molecule has 1 aliphatic carbocycles. The zero-order valence-electron chi connectivity index (χ0n) is 20.7. The molecule has 3 aromatic heterocycles. The van der Waals surface area contributed by atoms with Gasteiger partial charge in [-0.15, -0.1) is 0 Å². The number of hydrogen-bond donors (Lipinski definition) is 1. The lowest BCUT2D eigenvalue weighted by molar-refractivity contribution is 0.0687. The summed E-state index contributed by atoms with van der Waals surface area (Å²) < 4.78 is 4.48. The van der Waals surface area contributed by atoms with Crippen LogP contribution in [0, 0.1) is 11.8 Å². The molecule has 1 aromatic carbocycles. The van der Waals surface area contributed by atoms with Gasteiger partial charge in [-0.25, -0.2) is 9.97 Å². The van der Waals surface area contributed by atoms with Crippen molar-refractivity contribution in [2.75, 3.05) is 26.7 Å². The molecular formula is C28H34N6O.